The van der Waals surface area contributed by atoms with Gasteiger partial charge in [-0.2, -0.15) is 0 Å². The van der Waals surface area contributed by atoms with Gasteiger partial charge < -0.3 is 14.4 Å². The lowest BCUT2D eigenvalue weighted by atomic mass is 10.1. The van der Waals surface area contributed by atoms with Crippen LogP contribution in [0.1, 0.15) is 23.2 Å². The van der Waals surface area contributed by atoms with Gasteiger partial charge >= 0.3 is 0 Å². The molecule has 3 aromatic rings. The van der Waals surface area contributed by atoms with Crippen LogP contribution in [0.5, 0.6) is 10.9 Å². The highest BCUT2D eigenvalue weighted by molar-refractivity contribution is 7.20. The molecule has 1 saturated heterocycles. The van der Waals surface area contributed by atoms with Crippen LogP contribution < -0.4 is 9.47 Å². The summed E-state index contributed by atoms with van der Waals surface area (Å²) >= 11 is 1.57. The van der Waals surface area contributed by atoms with Gasteiger partial charge in [-0.25, -0.2) is 4.98 Å². The first-order valence-electron chi connectivity index (χ1n) is 8.68. The van der Waals surface area contributed by atoms with E-state index in [9.17, 15) is 4.79 Å². The van der Waals surface area contributed by atoms with Crippen molar-refractivity contribution in [2.24, 2.45) is 0 Å². The van der Waals surface area contributed by atoms with Crippen LogP contribution in [0.2, 0.25) is 0 Å². The lowest BCUT2D eigenvalue weighted by molar-refractivity contribution is 0.0595. The van der Waals surface area contributed by atoms with Crippen molar-refractivity contribution in [1.82, 2.24) is 9.88 Å². The number of likely N-dealkylation sites (tertiary alicyclic amines) is 1. The summed E-state index contributed by atoms with van der Waals surface area (Å²) < 4.78 is 12.4. The Kier molecular flexibility index (Phi) is 4.75. The van der Waals surface area contributed by atoms with E-state index in [1.807, 2.05) is 41.3 Å². The van der Waals surface area contributed by atoms with Crippen LogP contribution in [0.15, 0.2) is 48.5 Å². The quantitative estimate of drug-likeness (QED) is 0.699. The summed E-state index contributed by atoms with van der Waals surface area (Å²) in [6.07, 6.45) is 1.72. The van der Waals surface area contributed by atoms with Gasteiger partial charge in [0, 0.05) is 31.5 Å². The third-order valence-electron chi connectivity index (χ3n) is 4.59. The molecule has 1 aromatic heterocycles. The molecule has 1 fully saturated rings. The van der Waals surface area contributed by atoms with Gasteiger partial charge in [0.15, 0.2) is 0 Å². The molecule has 5 nitrogen and oxygen atoms in total. The lowest BCUT2D eigenvalue weighted by Crippen LogP contribution is -2.41. The standard InChI is InChI=1S/C20H20N2O3S/c1-24-16-6-4-5-14(13-16)19(23)22-11-9-15(10-12-22)25-20-21-17-7-2-3-8-18(17)26-20/h2-8,13,15H,9-12H2,1H3. The average Bonchev–Trinajstić information content (AvgIpc) is 3.10. The number of piperidine rings is 1. The molecule has 0 unspecified atom stereocenters. The van der Waals surface area contributed by atoms with Crippen LogP contribution in [0.4, 0.5) is 0 Å². The van der Waals surface area contributed by atoms with Crippen LogP contribution in [0, 0.1) is 0 Å². The Hall–Kier alpha value is -2.60. The van der Waals surface area contributed by atoms with Crippen LogP contribution in [0.25, 0.3) is 10.2 Å². The number of methoxy groups -OCH3 is 1. The molecule has 0 spiro atoms. The highest BCUT2D eigenvalue weighted by Crippen LogP contribution is 2.29. The van der Waals surface area contributed by atoms with Crippen LogP contribution in [-0.2, 0) is 0 Å². The molecule has 1 aliphatic rings. The molecule has 1 aliphatic heterocycles. The number of amides is 1. The van der Waals surface area contributed by atoms with Gasteiger partial charge in [-0.15, -0.1) is 0 Å². The molecule has 134 valence electrons. The number of para-hydroxylation sites is 1. The molecule has 0 bridgehead atoms. The summed E-state index contributed by atoms with van der Waals surface area (Å²) in [5.41, 5.74) is 1.63. The highest BCUT2D eigenvalue weighted by Gasteiger charge is 2.25. The Morgan fingerprint density at radius 3 is 2.73 bits per heavy atom. The van der Waals surface area contributed by atoms with E-state index in [4.69, 9.17) is 9.47 Å². The third-order valence-corrected chi connectivity index (χ3v) is 5.51. The Bertz CT molecular complexity index is 883. The van der Waals surface area contributed by atoms with Crippen molar-refractivity contribution in [2.45, 2.75) is 18.9 Å². The molecule has 0 aliphatic carbocycles. The van der Waals surface area contributed by atoms with Crippen molar-refractivity contribution in [3.63, 3.8) is 0 Å². The largest absolute Gasteiger partial charge is 0.497 e. The van der Waals surface area contributed by atoms with Crippen molar-refractivity contribution in [3.8, 4) is 10.9 Å². The third kappa shape index (κ3) is 3.51. The van der Waals surface area contributed by atoms with E-state index in [2.05, 4.69) is 11.1 Å². The summed E-state index contributed by atoms with van der Waals surface area (Å²) in [7, 11) is 1.61. The van der Waals surface area contributed by atoms with Crippen LogP contribution in [-0.4, -0.2) is 42.1 Å². The Morgan fingerprint density at radius 2 is 1.96 bits per heavy atom. The number of hydrogen-bond donors (Lipinski definition) is 0. The minimum Gasteiger partial charge on any atom is -0.497 e. The summed E-state index contributed by atoms with van der Waals surface area (Å²) in [4.78, 5) is 19.1. The lowest BCUT2D eigenvalue weighted by Gasteiger charge is -2.31. The smallest absolute Gasteiger partial charge is 0.274 e. The van der Waals surface area contributed by atoms with Crippen molar-refractivity contribution in [2.75, 3.05) is 20.2 Å². The normalized spacial score (nSPS) is 15.2. The second-order valence-corrected chi connectivity index (χ2v) is 7.28. The van der Waals surface area contributed by atoms with Gasteiger partial charge in [-0.3, -0.25) is 4.79 Å². The SMILES string of the molecule is COc1cccc(C(=O)N2CCC(Oc3nc4ccccc4s3)CC2)c1. The monoisotopic (exact) mass is 368 g/mol. The maximum atomic E-state index is 12.7. The van der Waals surface area contributed by atoms with E-state index in [1.165, 1.54) is 0 Å². The fraction of sp³-hybridized carbons (Fsp3) is 0.300. The topological polar surface area (TPSA) is 51.7 Å². The second-order valence-electron chi connectivity index (χ2n) is 6.29. The second kappa shape index (κ2) is 7.33. The number of rotatable bonds is 4. The van der Waals surface area contributed by atoms with E-state index >= 15 is 0 Å². The van der Waals surface area contributed by atoms with Crippen LogP contribution >= 0.6 is 11.3 Å². The van der Waals surface area contributed by atoms with Crippen molar-refractivity contribution in [1.29, 1.82) is 0 Å². The summed E-state index contributed by atoms with van der Waals surface area (Å²) in [6, 6.07) is 15.3. The number of nitrogens with zero attached hydrogens (tertiary/aromatic N) is 2. The van der Waals surface area contributed by atoms with E-state index in [0.29, 0.717) is 29.6 Å². The number of carbonyl (C=O) groups excluding carboxylic acids is 1. The maximum Gasteiger partial charge on any atom is 0.274 e. The van der Waals surface area contributed by atoms with Gasteiger partial charge in [0.1, 0.15) is 11.9 Å². The fourth-order valence-corrected chi connectivity index (χ4v) is 4.04. The number of ether oxygens (including phenoxy) is 2. The molecule has 6 heteroatoms. The number of hydrogen-bond acceptors (Lipinski definition) is 5. The van der Waals surface area contributed by atoms with Crippen molar-refractivity contribution in [3.05, 3.63) is 54.1 Å². The number of benzene rings is 2. The minimum atomic E-state index is 0.0438. The summed E-state index contributed by atoms with van der Waals surface area (Å²) in [5.74, 6) is 0.743. The van der Waals surface area contributed by atoms with Gasteiger partial charge in [0.05, 0.1) is 17.3 Å². The molecular weight excluding hydrogens is 348 g/mol. The van der Waals surface area contributed by atoms with E-state index < -0.39 is 0 Å². The Morgan fingerprint density at radius 1 is 1.15 bits per heavy atom. The van der Waals surface area contributed by atoms with Crippen molar-refractivity contribution >= 4 is 27.5 Å². The molecule has 0 radical (unpaired) electrons. The van der Waals surface area contributed by atoms with Crippen LogP contribution in [0.3, 0.4) is 0 Å². The summed E-state index contributed by atoms with van der Waals surface area (Å²) in [5, 5.41) is 0.712. The first kappa shape index (κ1) is 16.8. The molecular formula is C20H20N2O3S. The average molecular weight is 368 g/mol. The molecule has 2 heterocycles. The number of aromatic nitrogens is 1. The zero-order valence-electron chi connectivity index (χ0n) is 14.6. The molecule has 26 heavy (non-hydrogen) atoms. The van der Waals surface area contributed by atoms with Crippen molar-refractivity contribution < 1.29 is 14.3 Å². The van der Waals surface area contributed by atoms with E-state index in [1.54, 1.807) is 24.5 Å². The Labute approximate surface area is 156 Å². The molecule has 2 aromatic carbocycles. The molecule has 4 rings (SSSR count). The number of fused-ring (bicyclic) bond motifs is 1. The summed E-state index contributed by atoms with van der Waals surface area (Å²) in [6.45, 7) is 1.37. The maximum absolute atomic E-state index is 12.7. The molecule has 0 N–H and O–H groups in total. The predicted octanol–water partition coefficient (Wildman–Crippen LogP) is 3.99. The minimum absolute atomic E-state index is 0.0438. The van der Waals surface area contributed by atoms with Gasteiger partial charge in [0.2, 0.25) is 0 Å². The fourth-order valence-electron chi connectivity index (χ4n) is 3.16. The van der Waals surface area contributed by atoms with Gasteiger partial charge in [-0.1, -0.05) is 29.5 Å². The molecule has 1 amide bonds. The zero-order valence-corrected chi connectivity index (χ0v) is 15.4. The van der Waals surface area contributed by atoms with Gasteiger partial charge in [0.25, 0.3) is 11.1 Å². The van der Waals surface area contributed by atoms with E-state index in [-0.39, 0.29) is 12.0 Å². The number of carbonyl (C=O) groups is 1. The number of thiazole rings is 1. The highest BCUT2D eigenvalue weighted by atomic mass is 32.1. The first-order valence-corrected chi connectivity index (χ1v) is 9.50. The zero-order chi connectivity index (χ0) is 17.9. The first-order chi connectivity index (χ1) is 12.7. The van der Waals surface area contributed by atoms with E-state index in [0.717, 1.165) is 23.1 Å². The molecule has 0 atom stereocenters. The molecule has 0 saturated carbocycles. The predicted molar refractivity (Wildman–Crippen MR) is 102 cm³/mol. The van der Waals surface area contributed by atoms with Gasteiger partial charge in [-0.05, 0) is 30.3 Å². The Balaban J connectivity index is 1.36.